The van der Waals surface area contributed by atoms with Gasteiger partial charge in [0.15, 0.2) is 0 Å². The summed E-state index contributed by atoms with van der Waals surface area (Å²) in [5.41, 5.74) is 4.84. The predicted octanol–water partition coefficient (Wildman–Crippen LogP) is 2.78. The van der Waals surface area contributed by atoms with E-state index in [4.69, 9.17) is 5.11 Å². The van der Waals surface area contributed by atoms with Crippen LogP contribution < -0.4 is 5.32 Å². The van der Waals surface area contributed by atoms with Crippen molar-refractivity contribution >= 4 is 17.6 Å². The molecule has 146 valence electrons. The van der Waals surface area contributed by atoms with Gasteiger partial charge in [-0.2, -0.15) is 10.2 Å². The van der Waals surface area contributed by atoms with Crippen molar-refractivity contribution in [3.05, 3.63) is 64.7 Å². The van der Waals surface area contributed by atoms with Crippen LogP contribution in [-0.4, -0.2) is 36.5 Å². The third kappa shape index (κ3) is 4.28. The fourth-order valence-electron chi connectivity index (χ4n) is 2.99. The highest BCUT2D eigenvalue weighted by Crippen LogP contribution is 2.21. The van der Waals surface area contributed by atoms with Gasteiger partial charge in [-0.1, -0.05) is 24.3 Å². The average Bonchev–Trinajstić information content (AvgIpc) is 3.23. The molecule has 0 fully saturated rings. The summed E-state index contributed by atoms with van der Waals surface area (Å²) in [5, 5.41) is 20.3. The van der Waals surface area contributed by atoms with Crippen LogP contribution in [0, 0.1) is 20.8 Å². The van der Waals surface area contributed by atoms with E-state index in [9.17, 15) is 9.59 Å². The number of carboxylic acid groups (broad SMARTS) is 1. The van der Waals surface area contributed by atoms with Crippen LogP contribution in [0.25, 0.3) is 0 Å². The Bertz CT molecular complexity index is 1020. The van der Waals surface area contributed by atoms with Crippen molar-refractivity contribution in [1.82, 2.24) is 19.6 Å². The number of carbonyl (C=O) groups is 2. The summed E-state index contributed by atoms with van der Waals surface area (Å²) in [4.78, 5) is 23.2. The standard InChI is InChI=1S/C20H23N5O3/c1-13-6-4-5-7-16(13)12-25-15(3)19(14(2)23-25)22-18(26)8-9-24-11-17(10-21-24)20(27)28/h4-7,10-11H,8-9,12H2,1-3H3,(H,22,26)(H,27,28). The van der Waals surface area contributed by atoms with Crippen molar-refractivity contribution < 1.29 is 14.7 Å². The molecule has 1 aromatic carbocycles. The lowest BCUT2D eigenvalue weighted by Gasteiger charge is -2.09. The maximum absolute atomic E-state index is 12.3. The Morgan fingerprint density at radius 2 is 1.93 bits per heavy atom. The van der Waals surface area contributed by atoms with Crippen LogP contribution in [0.2, 0.25) is 0 Å². The molecule has 0 aliphatic rings. The van der Waals surface area contributed by atoms with Crippen molar-refractivity contribution in [2.24, 2.45) is 0 Å². The van der Waals surface area contributed by atoms with Crippen LogP contribution in [-0.2, 0) is 17.9 Å². The summed E-state index contributed by atoms with van der Waals surface area (Å²) in [7, 11) is 0. The summed E-state index contributed by atoms with van der Waals surface area (Å²) >= 11 is 0. The molecule has 1 amide bonds. The van der Waals surface area contributed by atoms with Crippen molar-refractivity contribution in [1.29, 1.82) is 0 Å². The number of rotatable bonds is 7. The van der Waals surface area contributed by atoms with E-state index in [1.54, 1.807) is 0 Å². The molecular formula is C20H23N5O3. The summed E-state index contributed by atoms with van der Waals surface area (Å²) in [6.07, 6.45) is 2.86. The lowest BCUT2D eigenvalue weighted by Crippen LogP contribution is -2.16. The van der Waals surface area contributed by atoms with E-state index in [-0.39, 0.29) is 17.9 Å². The first-order valence-corrected chi connectivity index (χ1v) is 8.99. The minimum Gasteiger partial charge on any atom is -0.478 e. The monoisotopic (exact) mass is 381 g/mol. The molecule has 0 aliphatic carbocycles. The first kappa shape index (κ1) is 19.3. The van der Waals surface area contributed by atoms with Crippen LogP contribution in [0.15, 0.2) is 36.7 Å². The van der Waals surface area contributed by atoms with E-state index in [1.165, 1.54) is 28.2 Å². The van der Waals surface area contributed by atoms with E-state index in [0.29, 0.717) is 18.8 Å². The minimum absolute atomic E-state index is 0.101. The minimum atomic E-state index is -1.04. The first-order chi connectivity index (χ1) is 13.3. The van der Waals surface area contributed by atoms with Crippen LogP contribution in [0.3, 0.4) is 0 Å². The van der Waals surface area contributed by atoms with E-state index >= 15 is 0 Å². The molecule has 2 heterocycles. The van der Waals surface area contributed by atoms with Gasteiger partial charge in [-0.3, -0.25) is 14.2 Å². The summed E-state index contributed by atoms with van der Waals surface area (Å²) in [6.45, 7) is 6.80. The normalized spacial score (nSPS) is 10.8. The zero-order chi connectivity index (χ0) is 20.3. The number of hydrogen-bond donors (Lipinski definition) is 2. The van der Waals surface area contributed by atoms with Gasteiger partial charge in [0.2, 0.25) is 5.91 Å². The third-order valence-corrected chi connectivity index (χ3v) is 4.68. The van der Waals surface area contributed by atoms with Gasteiger partial charge in [-0.15, -0.1) is 0 Å². The number of amides is 1. The highest BCUT2D eigenvalue weighted by Gasteiger charge is 2.15. The number of carbonyl (C=O) groups excluding carboxylic acids is 1. The molecule has 8 heteroatoms. The predicted molar refractivity (Wildman–Crippen MR) is 104 cm³/mol. The second-order valence-corrected chi connectivity index (χ2v) is 6.73. The Kier molecular flexibility index (Phi) is 5.58. The molecule has 0 aliphatic heterocycles. The molecule has 0 unspecified atom stereocenters. The molecule has 0 atom stereocenters. The van der Waals surface area contributed by atoms with Gasteiger partial charge < -0.3 is 10.4 Å². The molecule has 0 saturated heterocycles. The fourth-order valence-corrected chi connectivity index (χ4v) is 2.99. The zero-order valence-electron chi connectivity index (χ0n) is 16.1. The van der Waals surface area contributed by atoms with E-state index in [2.05, 4.69) is 34.6 Å². The number of aryl methyl sites for hydroxylation is 3. The van der Waals surface area contributed by atoms with Gasteiger partial charge in [-0.25, -0.2) is 4.79 Å². The molecule has 0 saturated carbocycles. The highest BCUT2D eigenvalue weighted by atomic mass is 16.4. The number of nitrogens with zero attached hydrogens (tertiary/aromatic N) is 4. The Balaban J connectivity index is 1.65. The number of hydrogen-bond acceptors (Lipinski definition) is 4. The topological polar surface area (TPSA) is 102 Å². The number of benzene rings is 1. The van der Waals surface area contributed by atoms with Gasteiger partial charge in [0.05, 0.1) is 35.4 Å². The lowest BCUT2D eigenvalue weighted by atomic mass is 10.1. The Labute approximate surface area is 162 Å². The van der Waals surface area contributed by atoms with Crippen LogP contribution in [0.5, 0.6) is 0 Å². The van der Waals surface area contributed by atoms with Crippen molar-refractivity contribution in [2.75, 3.05) is 5.32 Å². The van der Waals surface area contributed by atoms with Gasteiger partial charge in [0, 0.05) is 19.2 Å². The number of anilines is 1. The fraction of sp³-hybridized carbons (Fsp3) is 0.300. The maximum atomic E-state index is 12.3. The molecule has 3 aromatic rings. The number of carboxylic acids is 1. The molecule has 0 radical (unpaired) electrons. The van der Waals surface area contributed by atoms with Crippen LogP contribution in [0.4, 0.5) is 5.69 Å². The zero-order valence-corrected chi connectivity index (χ0v) is 16.1. The molecule has 2 aromatic heterocycles. The SMILES string of the molecule is Cc1ccccc1Cn1nc(C)c(NC(=O)CCn2cc(C(=O)O)cn2)c1C. The molecule has 3 rings (SSSR count). The lowest BCUT2D eigenvalue weighted by molar-refractivity contribution is -0.116. The molecule has 0 spiro atoms. The summed E-state index contributed by atoms with van der Waals surface area (Å²) in [5.74, 6) is -1.21. The highest BCUT2D eigenvalue weighted by molar-refractivity contribution is 5.91. The molecule has 2 N–H and O–H groups in total. The van der Waals surface area contributed by atoms with E-state index < -0.39 is 5.97 Å². The van der Waals surface area contributed by atoms with Crippen molar-refractivity contribution in [3.8, 4) is 0 Å². The quantitative estimate of drug-likeness (QED) is 0.655. The molecule has 28 heavy (non-hydrogen) atoms. The largest absolute Gasteiger partial charge is 0.478 e. The number of aromatic carboxylic acids is 1. The van der Waals surface area contributed by atoms with Crippen molar-refractivity contribution in [2.45, 2.75) is 40.3 Å². The molecule has 0 bridgehead atoms. The smallest absolute Gasteiger partial charge is 0.338 e. The Morgan fingerprint density at radius 3 is 2.61 bits per heavy atom. The summed E-state index contributed by atoms with van der Waals surface area (Å²) < 4.78 is 3.34. The second-order valence-electron chi connectivity index (χ2n) is 6.73. The molecular weight excluding hydrogens is 358 g/mol. The van der Waals surface area contributed by atoms with Crippen molar-refractivity contribution in [3.63, 3.8) is 0 Å². The third-order valence-electron chi connectivity index (χ3n) is 4.68. The van der Waals surface area contributed by atoms with Crippen LogP contribution in [0.1, 0.15) is 39.3 Å². The van der Waals surface area contributed by atoms with E-state index in [0.717, 1.165) is 11.4 Å². The Hall–Kier alpha value is -3.42. The van der Waals surface area contributed by atoms with E-state index in [1.807, 2.05) is 30.7 Å². The number of aromatic nitrogens is 4. The Morgan fingerprint density at radius 1 is 1.18 bits per heavy atom. The van der Waals surface area contributed by atoms with Gasteiger partial charge in [-0.05, 0) is 31.9 Å². The van der Waals surface area contributed by atoms with Gasteiger partial charge >= 0.3 is 5.97 Å². The van der Waals surface area contributed by atoms with Gasteiger partial charge in [0.1, 0.15) is 0 Å². The molecule has 8 nitrogen and oxygen atoms in total. The first-order valence-electron chi connectivity index (χ1n) is 8.99. The average molecular weight is 381 g/mol. The van der Waals surface area contributed by atoms with Crippen LogP contribution >= 0.6 is 0 Å². The number of nitrogens with one attached hydrogen (secondary N) is 1. The summed E-state index contributed by atoms with van der Waals surface area (Å²) in [6, 6.07) is 8.14. The second kappa shape index (κ2) is 8.08. The maximum Gasteiger partial charge on any atom is 0.338 e. The van der Waals surface area contributed by atoms with Gasteiger partial charge in [0.25, 0.3) is 0 Å².